The topological polar surface area (TPSA) is 15.3 Å². The van der Waals surface area contributed by atoms with Crippen molar-refractivity contribution in [1.82, 2.24) is 10.2 Å². The fraction of sp³-hybridized carbons (Fsp3) is 1.00. The van der Waals surface area contributed by atoms with Gasteiger partial charge in [-0.1, -0.05) is 40.5 Å². The van der Waals surface area contributed by atoms with Crippen molar-refractivity contribution < 1.29 is 0 Å². The van der Waals surface area contributed by atoms with E-state index in [0.29, 0.717) is 6.04 Å². The lowest BCUT2D eigenvalue weighted by molar-refractivity contribution is 0.193. The lowest BCUT2D eigenvalue weighted by Crippen LogP contribution is -2.34. The van der Waals surface area contributed by atoms with Crippen LogP contribution in [0, 0.1) is 11.8 Å². The molecule has 0 saturated heterocycles. The van der Waals surface area contributed by atoms with Gasteiger partial charge in [0.1, 0.15) is 0 Å². The lowest BCUT2D eigenvalue weighted by atomic mass is 10.1. The third kappa shape index (κ3) is 12.7. The Balaban J connectivity index is 3.45. The Morgan fingerprint density at radius 1 is 0.789 bits per heavy atom. The maximum atomic E-state index is 3.52. The molecule has 0 radical (unpaired) electrons. The number of hydrogen-bond acceptors (Lipinski definition) is 2. The molecular weight excluding hydrogens is 232 g/mol. The van der Waals surface area contributed by atoms with Gasteiger partial charge in [-0.05, 0) is 58.2 Å². The summed E-state index contributed by atoms with van der Waals surface area (Å²) in [6.07, 6.45) is 5.44. The molecule has 0 aliphatic heterocycles. The van der Waals surface area contributed by atoms with E-state index < -0.39 is 0 Å². The Hall–Kier alpha value is -0.0800. The molecule has 2 heteroatoms. The van der Waals surface area contributed by atoms with Gasteiger partial charge in [-0.2, -0.15) is 0 Å². The fourth-order valence-corrected chi connectivity index (χ4v) is 2.34. The molecule has 19 heavy (non-hydrogen) atoms. The number of rotatable bonds is 12. The third-order valence-electron chi connectivity index (χ3n) is 3.43. The fourth-order valence-electron chi connectivity index (χ4n) is 2.34. The van der Waals surface area contributed by atoms with E-state index in [1.165, 1.54) is 45.3 Å². The molecule has 0 bridgehead atoms. The quantitative estimate of drug-likeness (QED) is 0.536. The molecule has 1 N–H and O–H groups in total. The standard InChI is InChI=1S/C17H38N2/c1-15(2)13-18-11-9-7-8-10-12-19(17(5)6)14-16(3)4/h15-18H,7-14H2,1-6H3. The maximum absolute atomic E-state index is 3.52. The molecule has 0 aromatic carbocycles. The molecule has 116 valence electrons. The summed E-state index contributed by atoms with van der Waals surface area (Å²) in [4.78, 5) is 2.63. The minimum atomic E-state index is 0.690. The Morgan fingerprint density at radius 3 is 1.95 bits per heavy atom. The van der Waals surface area contributed by atoms with Gasteiger partial charge in [-0.25, -0.2) is 0 Å². The highest BCUT2D eigenvalue weighted by atomic mass is 15.1. The molecule has 0 aliphatic rings. The van der Waals surface area contributed by atoms with E-state index in [4.69, 9.17) is 0 Å². The van der Waals surface area contributed by atoms with Crippen LogP contribution in [-0.2, 0) is 0 Å². The Morgan fingerprint density at radius 2 is 1.42 bits per heavy atom. The minimum absolute atomic E-state index is 0.690. The van der Waals surface area contributed by atoms with Gasteiger partial charge >= 0.3 is 0 Å². The molecule has 0 unspecified atom stereocenters. The highest BCUT2D eigenvalue weighted by Gasteiger charge is 2.10. The number of hydrogen-bond donors (Lipinski definition) is 1. The van der Waals surface area contributed by atoms with Gasteiger partial charge in [0, 0.05) is 12.6 Å². The Labute approximate surface area is 122 Å². The van der Waals surface area contributed by atoms with E-state index in [0.717, 1.165) is 18.4 Å². The predicted molar refractivity (Wildman–Crippen MR) is 87.7 cm³/mol. The van der Waals surface area contributed by atoms with Crippen LogP contribution in [0.5, 0.6) is 0 Å². The van der Waals surface area contributed by atoms with Gasteiger partial charge in [0.15, 0.2) is 0 Å². The second-order valence-corrected chi connectivity index (χ2v) is 6.99. The summed E-state index contributed by atoms with van der Waals surface area (Å²) in [7, 11) is 0. The first-order valence-corrected chi connectivity index (χ1v) is 8.38. The summed E-state index contributed by atoms with van der Waals surface area (Å²) < 4.78 is 0. The first-order valence-electron chi connectivity index (χ1n) is 8.38. The van der Waals surface area contributed by atoms with Crippen LogP contribution in [-0.4, -0.2) is 37.1 Å². The zero-order valence-corrected chi connectivity index (χ0v) is 14.3. The summed E-state index contributed by atoms with van der Waals surface area (Å²) in [5.41, 5.74) is 0. The van der Waals surface area contributed by atoms with Crippen LogP contribution < -0.4 is 5.32 Å². The number of unbranched alkanes of at least 4 members (excludes halogenated alkanes) is 3. The number of nitrogens with one attached hydrogen (secondary N) is 1. The van der Waals surface area contributed by atoms with Crippen LogP contribution >= 0.6 is 0 Å². The summed E-state index contributed by atoms with van der Waals surface area (Å²) in [6.45, 7) is 18.7. The SMILES string of the molecule is CC(C)CNCCCCCCN(CC(C)C)C(C)C. The Kier molecular flexibility index (Phi) is 11.7. The predicted octanol–water partition coefficient (Wildman–Crippen LogP) is 4.16. The molecule has 0 atom stereocenters. The van der Waals surface area contributed by atoms with Crippen molar-refractivity contribution in [3.05, 3.63) is 0 Å². The minimum Gasteiger partial charge on any atom is -0.316 e. The van der Waals surface area contributed by atoms with Gasteiger partial charge < -0.3 is 10.2 Å². The summed E-state index contributed by atoms with van der Waals surface area (Å²) in [6, 6.07) is 0.690. The molecule has 0 fully saturated rings. The van der Waals surface area contributed by atoms with Crippen LogP contribution in [0.1, 0.15) is 67.2 Å². The van der Waals surface area contributed by atoms with Crippen LogP contribution in [0.15, 0.2) is 0 Å². The molecule has 0 saturated carbocycles. The zero-order valence-electron chi connectivity index (χ0n) is 14.3. The average Bonchev–Trinajstić information content (AvgIpc) is 2.29. The molecule has 0 rings (SSSR count). The van der Waals surface area contributed by atoms with Gasteiger partial charge in [0.25, 0.3) is 0 Å². The van der Waals surface area contributed by atoms with Crippen LogP contribution in [0.3, 0.4) is 0 Å². The highest BCUT2D eigenvalue weighted by Crippen LogP contribution is 2.08. The van der Waals surface area contributed by atoms with E-state index >= 15 is 0 Å². The smallest absolute Gasteiger partial charge is 0.00387 e. The van der Waals surface area contributed by atoms with Gasteiger partial charge in [-0.3, -0.25) is 0 Å². The van der Waals surface area contributed by atoms with Gasteiger partial charge in [0.05, 0.1) is 0 Å². The molecule has 0 aromatic rings. The second-order valence-electron chi connectivity index (χ2n) is 6.99. The van der Waals surface area contributed by atoms with Crippen LogP contribution in [0.2, 0.25) is 0 Å². The van der Waals surface area contributed by atoms with Gasteiger partial charge in [-0.15, -0.1) is 0 Å². The van der Waals surface area contributed by atoms with Crippen molar-refractivity contribution in [2.45, 2.75) is 73.3 Å². The van der Waals surface area contributed by atoms with Crippen LogP contribution in [0.4, 0.5) is 0 Å². The monoisotopic (exact) mass is 270 g/mol. The normalized spacial score (nSPS) is 12.3. The summed E-state index contributed by atoms with van der Waals surface area (Å²) >= 11 is 0. The molecule has 0 aromatic heterocycles. The largest absolute Gasteiger partial charge is 0.316 e. The van der Waals surface area contributed by atoms with E-state index in [1.807, 2.05) is 0 Å². The van der Waals surface area contributed by atoms with Crippen molar-refractivity contribution in [2.75, 3.05) is 26.2 Å². The molecule has 0 spiro atoms. The van der Waals surface area contributed by atoms with Crippen molar-refractivity contribution in [1.29, 1.82) is 0 Å². The third-order valence-corrected chi connectivity index (χ3v) is 3.43. The first-order chi connectivity index (χ1) is 8.93. The summed E-state index contributed by atoms with van der Waals surface area (Å²) in [5, 5.41) is 3.52. The molecule has 0 heterocycles. The van der Waals surface area contributed by atoms with E-state index in [-0.39, 0.29) is 0 Å². The molecule has 2 nitrogen and oxygen atoms in total. The average molecular weight is 271 g/mol. The number of nitrogens with zero attached hydrogens (tertiary/aromatic N) is 1. The van der Waals surface area contributed by atoms with Gasteiger partial charge in [0.2, 0.25) is 0 Å². The van der Waals surface area contributed by atoms with Crippen molar-refractivity contribution in [3.63, 3.8) is 0 Å². The summed E-state index contributed by atoms with van der Waals surface area (Å²) in [5.74, 6) is 1.55. The zero-order chi connectivity index (χ0) is 14.7. The van der Waals surface area contributed by atoms with E-state index in [9.17, 15) is 0 Å². The van der Waals surface area contributed by atoms with E-state index in [2.05, 4.69) is 51.8 Å². The van der Waals surface area contributed by atoms with Crippen molar-refractivity contribution >= 4 is 0 Å². The van der Waals surface area contributed by atoms with Crippen molar-refractivity contribution in [3.8, 4) is 0 Å². The molecular formula is C17H38N2. The Bertz CT molecular complexity index is 188. The maximum Gasteiger partial charge on any atom is 0.00387 e. The first kappa shape index (κ1) is 18.9. The molecule has 0 amide bonds. The second kappa shape index (κ2) is 11.7. The van der Waals surface area contributed by atoms with E-state index in [1.54, 1.807) is 0 Å². The lowest BCUT2D eigenvalue weighted by Gasteiger charge is -2.28. The molecule has 0 aliphatic carbocycles. The van der Waals surface area contributed by atoms with Crippen molar-refractivity contribution in [2.24, 2.45) is 11.8 Å². The van der Waals surface area contributed by atoms with Crippen LogP contribution in [0.25, 0.3) is 0 Å². The highest BCUT2D eigenvalue weighted by molar-refractivity contribution is 4.65.